The average Bonchev–Trinajstić information content (AvgIpc) is 3.37. The highest BCUT2D eigenvalue weighted by Gasteiger charge is 2.13. The molecule has 0 spiro atoms. The van der Waals surface area contributed by atoms with Gasteiger partial charge in [-0.2, -0.15) is 0 Å². The summed E-state index contributed by atoms with van der Waals surface area (Å²) in [6.07, 6.45) is 8.66. The second kappa shape index (κ2) is 9.72. The van der Waals surface area contributed by atoms with Crippen LogP contribution in [0.25, 0.3) is 6.08 Å². The molecule has 8 heteroatoms. The van der Waals surface area contributed by atoms with Crippen molar-refractivity contribution in [2.75, 3.05) is 7.11 Å². The van der Waals surface area contributed by atoms with E-state index in [1.807, 2.05) is 38.2 Å². The zero-order valence-electron chi connectivity index (χ0n) is 18.7. The zero-order valence-corrected chi connectivity index (χ0v) is 18.7. The minimum absolute atomic E-state index is 0.173. The first kappa shape index (κ1) is 21.7. The van der Waals surface area contributed by atoms with Gasteiger partial charge < -0.3 is 23.9 Å². The van der Waals surface area contributed by atoms with Gasteiger partial charge in [0, 0.05) is 25.2 Å². The van der Waals surface area contributed by atoms with Crippen LogP contribution >= 0.6 is 0 Å². The van der Waals surface area contributed by atoms with Crippen LogP contribution in [0.1, 0.15) is 46.9 Å². The van der Waals surface area contributed by atoms with E-state index in [1.165, 1.54) is 18.9 Å². The van der Waals surface area contributed by atoms with E-state index in [4.69, 9.17) is 14.0 Å². The predicted molar refractivity (Wildman–Crippen MR) is 119 cm³/mol. The lowest BCUT2D eigenvalue weighted by Gasteiger charge is -2.11. The van der Waals surface area contributed by atoms with Crippen molar-refractivity contribution in [1.82, 2.24) is 20.0 Å². The standard InChI is InChI=1S/C24H28N4O4/c1-16-20(17(2)32-27-16)15-31-21-9-7-18(12-22(21)30-3)8-10-24(29)25-13-19-14-28-11-5-4-6-23(28)26-19/h7-10,12,14H,4-6,11,13,15H2,1-3H3,(H,25,29)/b10-8+. The van der Waals surface area contributed by atoms with Crippen molar-refractivity contribution in [3.05, 3.63) is 64.6 Å². The first-order valence-corrected chi connectivity index (χ1v) is 10.8. The number of rotatable bonds is 8. The second-order valence-corrected chi connectivity index (χ2v) is 7.85. The van der Waals surface area contributed by atoms with Crippen LogP contribution in [-0.2, 0) is 30.9 Å². The van der Waals surface area contributed by atoms with E-state index in [-0.39, 0.29) is 5.91 Å². The Bertz CT molecular complexity index is 1090. The van der Waals surface area contributed by atoms with Gasteiger partial charge >= 0.3 is 0 Å². The maximum absolute atomic E-state index is 12.2. The molecule has 0 saturated carbocycles. The van der Waals surface area contributed by atoms with E-state index < -0.39 is 0 Å². The Hall–Kier alpha value is -3.55. The second-order valence-electron chi connectivity index (χ2n) is 7.85. The third-order valence-electron chi connectivity index (χ3n) is 5.57. The van der Waals surface area contributed by atoms with E-state index in [0.717, 1.165) is 47.1 Å². The number of amides is 1. The topological polar surface area (TPSA) is 91.4 Å². The Morgan fingerprint density at radius 3 is 2.91 bits per heavy atom. The highest BCUT2D eigenvalue weighted by molar-refractivity contribution is 5.91. The molecule has 0 unspecified atom stereocenters. The summed E-state index contributed by atoms with van der Waals surface area (Å²) in [5.41, 5.74) is 3.46. The lowest BCUT2D eigenvalue weighted by molar-refractivity contribution is -0.116. The largest absolute Gasteiger partial charge is 0.493 e. The molecule has 3 heterocycles. The fourth-order valence-electron chi connectivity index (χ4n) is 3.73. The molecule has 1 N–H and O–H groups in total. The van der Waals surface area contributed by atoms with Gasteiger partial charge in [-0.25, -0.2) is 4.98 Å². The number of imidazole rings is 1. The number of methoxy groups -OCH3 is 1. The van der Waals surface area contributed by atoms with E-state index in [2.05, 4.69) is 20.0 Å². The first-order valence-electron chi connectivity index (χ1n) is 10.8. The monoisotopic (exact) mass is 436 g/mol. The van der Waals surface area contributed by atoms with Crippen LogP contribution in [0, 0.1) is 13.8 Å². The van der Waals surface area contributed by atoms with Crippen LogP contribution in [0.15, 0.2) is 35.0 Å². The van der Waals surface area contributed by atoms with Crippen molar-refractivity contribution in [2.45, 2.75) is 52.8 Å². The Labute approximate surface area is 187 Å². The molecule has 1 amide bonds. The number of hydrogen-bond acceptors (Lipinski definition) is 6. The molecule has 1 aromatic carbocycles. The van der Waals surface area contributed by atoms with Crippen LogP contribution in [0.3, 0.4) is 0 Å². The average molecular weight is 437 g/mol. The van der Waals surface area contributed by atoms with Crippen molar-refractivity contribution in [2.24, 2.45) is 0 Å². The molecular formula is C24H28N4O4. The summed E-state index contributed by atoms with van der Waals surface area (Å²) >= 11 is 0. The lowest BCUT2D eigenvalue weighted by atomic mass is 10.2. The number of hydrogen-bond donors (Lipinski definition) is 1. The molecule has 3 aromatic rings. The number of carbonyl (C=O) groups is 1. The van der Waals surface area contributed by atoms with Crippen molar-refractivity contribution >= 4 is 12.0 Å². The molecule has 2 aromatic heterocycles. The summed E-state index contributed by atoms with van der Waals surface area (Å²) < 4.78 is 18.7. The SMILES string of the molecule is COc1cc(/C=C/C(=O)NCc2cn3c(n2)CCCC3)ccc1OCc1c(C)noc1C. The van der Waals surface area contributed by atoms with E-state index in [1.54, 1.807) is 13.2 Å². The number of nitrogens with zero attached hydrogens (tertiary/aromatic N) is 3. The molecule has 1 aliphatic heterocycles. The van der Waals surface area contributed by atoms with Crippen LogP contribution in [0.2, 0.25) is 0 Å². The van der Waals surface area contributed by atoms with Gasteiger partial charge in [-0.05, 0) is 50.5 Å². The Morgan fingerprint density at radius 1 is 1.28 bits per heavy atom. The number of carbonyl (C=O) groups excluding carboxylic acids is 1. The van der Waals surface area contributed by atoms with Crippen molar-refractivity contribution < 1.29 is 18.8 Å². The van der Waals surface area contributed by atoms with Crippen LogP contribution in [-0.4, -0.2) is 27.7 Å². The third-order valence-corrected chi connectivity index (χ3v) is 5.57. The number of benzene rings is 1. The summed E-state index contributed by atoms with van der Waals surface area (Å²) in [4.78, 5) is 16.9. The fourth-order valence-corrected chi connectivity index (χ4v) is 3.73. The molecule has 0 radical (unpaired) electrons. The van der Waals surface area contributed by atoms with Crippen molar-refractivity contribution in [3.63, 3.8) is 0 Å². The Kier molecular flexibility index (Phi) is 6.58. The molecule has 8 nitrogen and oxygen atoms in total. The normalized spacial score (nSPS) is 13.2. The van der Waals surface area contributed by atoms with Crippen LogP contribution in [0.4, 0.5) is 0 Å². The maximum atomic E-state index is 12.2. The summed E-state index contributed by atoms with van der Waals surface area (Å²) in [5, 5.41) is 6.83. The van der Waals surface area contributed by atoms with Gasteiger partial charge in [0.25, 0.3) is 0 Å². The number of aromatic nitrogens is 3. The van der Waals surface area contributed by atoms with Gasteiger partial charge in [-0.3, -0.25) is 4.79 Å². The number of ether oxygens (including phenoxy) is 2. The maximum Gasteiger partial charge on any atom is 0.244 e. The lowest BCUT2D eigenvalue weighted by Crippen LogP contribution is -2.20. The molecule has 1 aliphatic rings. The molecule has 0 atom stereocenters. The number of aryl methyl sites for hydroxylation is 4. The Balaban J connectivity index is 1.33. The molecule has 0 bridgehead atoms. The number of nitrogens with one attached hydrogen (secondary N) is 1. The highest BCUT2D eigenvalue weighted by atomic mass is 16.5. The molecular weight excluding hydrogens is 408 g/mol. The summed E-state index contributed by atoms with van der Waals surface area (Å²) in [7, 11) is 1.59. The summed E-state index contributed by atoms with van der Waals surface area (Å²) in [5.74, 6) is 2.87. The summed E-state index contributed by atoms with van der Waals surface area (Å²) in [6.45, 7) is 5.51. The summed E-state index contributed by atoms with van der Waals surface area (Å²) in [6, 6.07) is 5.53. The molecule has 0 saturated heterocycles. The minimum atomic E-state index is -0.173. The molecule has 4 rings (SSSR count). The molecule has 32 heavy (non-hydrogen) atoms. The smallest absolute Gasteiger partial charge is 0.244 e. The quantitative estimate of drug-likeness (QED) is 0.541. The minimum Gasteiger partial charge on any atom is -0.493 e. The van der Waals surface area contributed by atoms with Gasteiger partial charge in [0.15, 0.2) is 11.5 Å². The van der Waals surface area contributed by atoms with Crippen LogP contribution in [0.5, 0.6) is 11.5 Å². The van der Waals surface area contributed by atoms with Gasteiger partial charge in [0.2, 0.25) is 5.91 Å². The van der Waals surface area contributed by atoms with Gasteiger partial charge in [0.1, 0.15) is 18.2 Å². The van der Waals surface area contributed by atoms with E-state index in [9.17, 15) is 4.79 Å². The molecule has 0 fully saturated rings. The van der Waals surface area contributed by atoms with Crippen molar-refractivity contribution in [1.29, 1.82) is 0 Å². The third kappa shape index (κ3) is 5.01. The zero-order chi connectivity index (χ0) is 22.5. The predicted octanol–water partition coefficient (Wildman–Crippen LogP) is 3.74. The molecule has 168 valence electrons. The van der Waals surface area contributed by atoms with Gasteiger partial charge in [0.05, 0.1) is 30.6 Å². The van der Waals surface area contributed by atoms with Crippen LogP contribution < -0.4 is 14.8 Å². The molecule has 0 aliphatic carbocycles. The Morgan fingerprint density at radius 2 is 2.16 bits per heavy atom. The van der Waals surface area contributed by atoms with Gasteiger partial charge in [-0.1, -0.05) is 11.2 Å². The fraction of sp³-hybridized carbons (Fsp3) is 0.375. The first-order chi connectivity index (χ1) is 15.5. The van der Waals surface area contributed by atoms with Crippen molar-refractivity contribution in [3.8, 4) is 11.5 Å². The number of fused-ring (bicyclic) bond motifs is 1. The highest BCUT2D eigenvalue weighted by Crippen LogP contribution is 2.30. The van der Waals surface area contributed by atoms with E-state index in [0.29, 0.717) is 24.7 Å². The van der Waals surface area contributed by atoms with Gasteiger partial charge in [-0.15, -0.1) is 0 Å². The van der Waals surface area contributed by atoms with E-state index >= 15 is 0 Å².